The molecule has 0 unspecified atom stereocenters. The van der Waals surface area contributed by atoms with Gasteiger partial charge in [0.2, 0.25) is 10.0 Å². The lowest BCUT2D eigenvalue weighted by Gasteiger charge is -2.08. The molecule has 0 aliphatic heterocycles. The van der Waals surface area contributed by atoms with Gasteiger partial charge in [0.25, 0.3) is 6.08 Å². The second kappa shape index (κ2) is 7.84. The Labute approximate surface area is 117 Å². The van der Waals surface area contributed by atoms with Crippen molar-refractivity contribution in [1.29, 1.82) is 0 Å². The minimum Gasteiger partial charge on any atom is -0.497 e. The SMILES string of the molecule is COc1ccc(NS(=O)(=O)CCCCC=C(F)F)cc1. The van der Waals surface area contributed by atoms with Crippen LogP contribution < -0.4 is 9.46 Å². The van der Waals surface area contributed by atoms with Crippen molar-refractivity contribution in [3.05, 3.63) is 36.4 Å². The molecule has 112 valence electrons. The van der Waals surface area contributed by atoms with Crippen molar-refractivity contribution >= 4 is 15.7 Å². The Morgan fingerprint density at radius 1 is 1.25 bits per heavy atom. The van der Waals surface area contributed by atoms with Crippen LogP contribution in [0.1, 0.15) is 19.3 Å². The summed E-state index contributed by atoms with van der Waals surface area (Å²) in [7, 11) is -1.93. The second-order valence-corrected chi connectivity index (χ2v) is 5.98. The van der Waals surface area contributed by atoms with E-state index in [1.54, 1.807) is 24.3 Å². The Balaban J connectivity index is 2.42. The summed E-state index contributed by atoms with van der Waals surface area (Å²) in [5.41, 5.74) is 0.445. The van der Waals surface area contributed by atoms with Gasteiger partial charge in [-0.05, 0) is 49.6 Å². The van der Waals surface area contributed by atoms with Crippen molar-refractivity contribution in [2.75, 3.05) is 17.6 Å². The van der Waals surface area contributed by atoms with Gasteiger partial charge in [-0.1, -0.05) is 0 Å². The summed E-state index contributed by atoms with van der Waals surface area (Å²) in [6.07, 6.45) is -0.0238. The number of benzene rings is 1. The van der Waals surface area contributed by atoms with E-state index >= 15 is 0 Å². The molecule has 0 saturated heterocycles. The lowest BCUT2D eigenvalue weighted by atomic mass is 10.2. The number of anilines is 1. The smallest absolute Gasteiger partial charge is 0.266 e. The molecule has 0 saturated carbocycles. The molecule has 1 aromatic rings. The number of sulfonamides is 1. The topological polar surface area (TPSA) is 55.4 Å². The van der Waals surface area contributed by atoms with Crippen LogP contribution in [0.5, 0.6) is 5.75 Å². The molecule has 1 rings (SSSR count). The standard InChI is InChI=1S/C13H17F2NO3S/c1-19-12-8-6-11(7-9-12)16-20(17,18)10-4-2-3-5-13(14)15/h5-9,16H,2-4,10H2,1H3. The van der Waals surface area contributed by atoms with E-state index in [9.17, 15) is 17.2 Å². The van der Waals surface area contributed by atoms with E-state index in [4.69, 9.17) is 4.74 Å². The fourth-order valence-electron chi connectivity index (χ4n) is 1.54. The number of unbranched alkanes of at least 4 members (excludes halogenated alkanes) is 2. The third kappa shape index (κ3) is 6.51. The number of methoxy groups -OCH3 is 1. The first-order valence-corrected chi connectivity index (χ1v) is 7.74. The maximum atomic E-state index is 11.8. The molecule has 0 atom stereocenters. The number of hydrogen-bond donors (Lipinski definition) is 1. The summed E-state index contributed by atoms with van der Waals surface area (Å²) < 4.78 is 54.4. The monoisotopic (exact) mass is 305 g/mol. The predicted molar refractivity (Wildman–Crippen MR) is 74.6 cm³/mol. The molecule has 0 spiro atoms. The van der Waals surface area contributed by atoms with Gasteiger partial charge in [0, 0.05) is 5.69 Å². The Bertz CT molecular complexity index is 537. The van der Waals surface area contributed by atoms with E-state index in [1.165, 1.54) is 7.11 Å². The molecule has 0 bridgehead atoms. The molecule has 4 nitrogen and oxygen atoms in total. The van der Waals surface area contributed by atoms with Crippen LogP contribution in [0, 0.1) is 0 Å². The summed E-state index contributed by atoms with van der Waals surface area (Å²) in [5.74, 6) is 0.536. The maximum Gasteiger partial charge on any atom is 0.266 e. The molecule has 0 radical (unpaired) electrons. The van der Waals surface area contributed by atoms with Gasteiger partial charge < -0.3 is 4.74 Å². The third-order valence-electron chi connectivity index (χ3n) is 2.53. The maximum absolute atomic E-state index is 11.8. The Morgan fingerprint density at radius 3 is 2.45 bits per heavy atom. The molecular weight excluding hydrogens is 288 g/mol. The van der Waals surface area contributed by atoms with Crippen LogP contribution in [0.3, 0.4) is 0 Å². The van der Waals surface area contributed by atoms with Gasteiger partial charge in [-0.15, -0.1) is 0 Å². The number of hydrogen-bond acceptors (Lipinski definition) is 3. The van der Waals surface area contributed by atoms with Crippen LogP contribution in [-0.4, -0.2) is 21.3 Å². The molecule has 0 aromatic heterocycles. The molecule has 1 N–H and O–H groups in total. The zero-order chi connectivity index (χ0) is 15.0. The first-order chi connectivity index (χ1) is 9.43. The van der Waals surface area contributed by atoms with E-state index in [1.807, 2.05) is 0 Å². The summed E-state index contributed by atoms with van der Waals surface area (Å²) in [6, 6.07) is 6.48. The highest BCUT2D eigenvalue weighted by molar-refractivity contribution is 7.92. The summed E-state index contributed by atoms with van der Waals surface area (Å²) in [5, 5.41) is 0. The van der Waals surface area contributed by atoms with Crippen molar-refractivity contribution in [3.63, 3.8) is 0 Å². The van der Waals surface area contributed by atoms with E-state index in [-0.39, 0.29) is 12.2 Å². The first-order valence-electron chi connectivity index (χ1n) is 6.08. The van der Waals surface area contributed by atoms with Gasteiger partial charge in [-0.25, -0.2) is 8.42 Å². The normalized spacial score (nSPS) is 10.9. The van der Waals surface area contributed by atoms with E-state index in [0.717, 1.165) is 6.08 Å². The average Bonchev–Trinajstić information content (AvgIpc) is 2.38. The summed E-state index contributed by atoms with van der Waals surface area (Å²) in [6.45, 7) is 0. The van der Waals surface area contributed by atoms with Crippen molar-refractivity contribution in [2.45, 2.75) is 19.3 Å². The zero-order valence-electron chi connectivity index (χ0n) is 11.1. The molecule has 0 heterocycles. The van der Waals surface area contributed by atoms with Gasteiger partial charge in [0.1, 0.15) is 5.75 Å². The van der Waals surface area contributed by atoms with Crippen molar-refractivity contribution < 1.29 is 21.9 Å². The fourth-order valence-corrected chi connectivity index (χ4v) is 2.72. The number of ether oxygens (including phenoxy) is 1. The Kier molecular flexibility index (Phi) is 6.44. The highest BCUT2D eigenvalue weighted by Gasteiger charge is 2.09. The molecule has 20 heavy (non-hydrogen) atoms. The van der Waals surface area contributed by atoms with E-state index < -0.39 is 16.1 Å². The van der Waals surface area contributed by atoms with Crippen LogP contribution >= 0.6 is 0 Å². The third-order valence-corrected chi connectivity index (χ3v) is 3.90. The lowest BCUT2D eigenvalue weighted by molar-refractivity contribution is 0.415. The number of halogens is 2. The van der Waals surface area contributed by atoms with Gasteiger partial charge in [0.15, 0.2) is 0 Å². The van der Waals surface area contributed by atoms with Gasteiger partial charge >= 0.3 is 0 Å². The van der Waals surface area contributed by atoms with Crippen LogP contribution in [-0.2, 0) is 10.0 Å². The van der Waals surface area contributed by atoms with Crippen molar-refractivity contribution in [1.82, 2.24) is 0 Å². The molecule has 1 aromatic carbocycles. The highest BCUT2D eigenvalue weighted by atomic mass is 32.2. The predicted octanol–water partition coefficient (Wildman–Crippen LogP) is 3.39. The molecule has 0 aliphatic rings. The van der Waals surface area contributed by atoms with Gasteiger partial charge in [-0.3, -0.25) is 4.72 Å². The van der Waals surface area contributed by atoms with Crippen LogP contribution in [0.25, 0.3) is 0 Å². The van der Waals surface area contributed by atoms with Crippen molar-refractivity contribution in [2.24, 2.45) is 0 Å². The lowest BCUT2D eigenvalue weighted by Crippen LogP contribution is -2.16. The minimum absolute atomic E-state index is 0.0965. The number of nitrogens with one attached hydrogen (secondary N) is 1. The van der Waals surface area contributed by atoms with Gasteiger partial charge in [0.05, 0.1) is 12.9 Å². The molecule has 0 aliphatic carbocycles. The Morgan fingerprint density at radius 2 is 1.90 bits per heavy atom. The number of rotatable bonds is 8. The molecule has 0 amide bonds. The Hall–Kier alpha value is -1.63. The van der Waals surface area contributed by atoms with Crippen LogP contribution in [0.4, 0.5) is 14.5 Å². The second-order valence-electron chi connectivity index (χ2n) is 4.14. The van der Waals surface area contributed by atoms with Crippen molar-refractivity contribution in [3.8, 4) is 5.75 Å². The fraction of sp³-hybridized carbons (Fsp3) is 0.385. The zero-order valence-corrected chi connectivity index (χ0v) is 11.9. The quantitative estimate of drug-likeness (QED) is 0.749. The average molecular weight is 305 g/mol. The molecule has 7 heteroatoms. The highest BCUT2D eigenvalue weighted by Crippen LogP contribution is 2.16. The summed E-state index contributed by atoms with van der Waals surface area (Å²) >= 11 is 0. The summed E-state index contributed by atoms with van der Waals surface area (Å²) in [4.78, 5) is 0. The van der Waals surface area contributed by atoms with Crippen LogP contribution in [0.2, 0.25) is 0 Å². The van der Waals surface area contributed by atoms with E-state index in [0.29, 0.717) is 24.3 Å². The van der Waals surface area contributed by atoms with E-state index in [2.05, 4.69) is 4.72 Å². The molecule has 0 fully saturated rings. The number of allylic oxidation sites excluding steroid dienone is 1. The molecular formula is C13H17F2NO3S. The largest absolute Gasteiger partial charge is 0.497 e. The van der Waals surface area contributed by atoms with Gasteiger partial charge in [-0.2, -0.15) is 8.78 Å². The minimum atomic E-state index is -3.45. The van der Waals surface area contributed by atoms with Crippen LogP contribution in [0.15, 0.2) is 36.4 Å². The first kappa shape index (κ1) is 16.4.